The summed E-state index contributed by atoms with van der Waals surface area (Å²) in [4.78, 5) is 28.3. The molecule has 9 heteroatoms. The molecule has 0 fully saturated rings. The van der Waals surface area contributed by atoms with Crippen molar-refractivity contribution in [1.29, 1.82) is 0 Å². The highest BCUT2D eigenvalue weighted by Crippen LogP contribution is 2.29. The second-order valence-corrected chi connectivity index (χ2v) is 10.9. The Balaban J connectivity index is 2.47. The number of hydrogen-bond acceptors (Lipinski definition) is 5. The van der Waals surface area contributed by atoms with Gasteiger partial charge in [0.25, 0.3) is 0 Å². The maximum Gasteiger partial charge on any atom is 0.244 e. The third kappa shape index (κ3) is 7.71. The van der Waals surface area contributed by atoms with E-state index >= 15 is 0 Å². The molecule has 0 saturated heterocycles. The van der Waals surface area contributed by atoms with Crippen molar-refractivity contribution in [2.24, 2.45) is 5.92 Å². The molecule has 2 aromatic carbocycles. The number of rotatable bonds is 12. The molecular weight excluding hydrogens is 466 g/mol. The predicted molar refractivity (Wildman–Crippen MR) is 139 cm³/mol. The predicted octanol–water partition coefficient (Wildman–Crippen LogP) is 3.35. The standard InChI is InChI=1S/C26H37N3O5S/c1-7-22(26(31)27-16-19(2)3)28(17-21-13-9-8-12-20(21)4)25(30)18-29(35(6,32)33)23-14-10-11-15-24(23)34-5/h8-15,19,22H,7,16-18H2,1-6H3,(H,27,31). The summed E-state index contributed by atoms with van der Waals surface area (Å²) in [6.07, 6.45) is 1.43. The molecule has 8 nitrogen and oxygen atoms in total. The maximum absolute atomic E-state index is 13.7. The lowest BCUT2D eigenvalue weighted by atomic mass is 10.1. The van der Waals surface area contributed by atoms with Crippen molar-refractivity contribution in [1.82, 2.24) is 10.2 Å². The molecule has 0 aliphatic heterocycles. The molecular formula is C26H37N3O5S. The maximum atomic E-state index is 13.7. The Labute approximate surface area is 209 Å². The Morgan fingerprint density at radius 3 is 2.26 bits per heavy atom. The summed E-state index contributed by atoms with van der Waals surface area (Å²) in [5.74, 6) is -0.149. The molecule has 1 N–H and O–H groups in total. The van der Waals surface area contributed by atoms with E-state index in [2.05, 4.69) is 5.32 Å². The molecule has 35 heavy (non-hydrogen) atoms. The van der Waals surface area contributed by atoms with Gasteiger partial charge in [0.15, 0.2) is 0 Å². The van der Waals surface area contributed by atoms with Crippen LogP contribution in [0.15, 0.2) is 48.5 Å². The fraction of sp³-hybridized carbons (Fsp3) is 0.462. The fourth-order valence-electron chi connectivity index (χ4n) is 3.74. The first kappa shape index (κ1) is 28.2. The van der Waals surface area contributed by atoms with E-state index in [0.717, 1.165) is 21.7 Å². The summed E-state index contributed by atoms with van der Waals surface area (Å²) in [5.41, 5.74) is 2.13. The van der Waals surface area contributed by atoms with Gasteiger partial charge in [-0.1, -0.05) is 57.2 Å². The average Bonchev–Trinajstić information content (AvgIpc) is 2.81. The average molecular weight is 504 g/mol. The van der Waals surface area contributed by atoms with Gasteiger partial charge in [-0.3, -0.25) is 13.9 Å². The summed E-state index contributed by atoms with van der Waals surface area (Å²) in [6.45, 7) is 7.98. The lowest BCUT2D eigenvalue weighted by Crippen LogP contribution is -2.52. The largest absolute Gasteiger partial charge is 0.495 e. The number of nitrogens with zero attached hydrogens (tertiary/aromatic N) is 2. The van der Waals surface area contributed by atoms with Gasteiger partial charge in [0.05, 0.1) is 19.1 Å². The minimum absolute atomic E-state index is 0.183. The Morgan fingerprint density at radius 2 is 1.69 bits per heavy atom. The van der Waals surface area contributed by atoms with Crippen LogP contribution in [0.5, 0.6) is 5.75 Å². The molecule has 0 spiro atoms. The lowest BCUT2D eigenvalue weighted by molar-refractivity contribution is -0.140. The van der Waals surface area contributed by atoms with Crippen molar-refractivity contribution in [3.05, 3.63) is 59.7 Å². The van der Waals surface area contributed by atoms with Crippen LogP contribution in [-0.4, -0.2) is 57.6 Å². The number of amides is 2. The molecule has 0 aliphatic rings. The zero-order chi connectivity index (χ0) is 26.2. The highest BCUT2D eigenvalue weighted by molar-refractivity contribution is 7.92. The van der Waals surface area contributed by atoms with Gasteiger partial charge in [-0.2, -0.15) is 0 Å². The fourth-order valence-corrected chi connectivity index (χ4v) is 4.60. The van der Waals surface area contributed by atoms with Gasteiger partial charge in [0, 0.05) is 13.1 Å². The van der Waals surface area contributed by atoms with E-state index in [4.69, 9.17) is 4.74 Å². The second kappa shape index (κ2) is 12.6. The Bertz CT molecular complexity index is 1120. The first-order valence-corrected chi connectivity index (χ1v) is 13.6. The lowest BCUT2D eigenvalue weighted by Gasteiger charge is -2.33. The first-order chi connectivity index (χ1) is 16.5. The second-order valence-electron chi connectivity index (χ2n) is 8.95. The molecule has 2 rings (SSSR count). The van der Waals surface area contributed by atoms with Crippen LogP contribution in [0.1, 0.15) is 38.3 Å². The third-order valence-corrected chi connectivity index (χ3v) is 6.83. The molecule has 1 atom stereocenters. The molecule has 1 unspecified atom stereocenters. The monoisotopic (exact) mass is 503 g/mol. The number of nitrogens with one attached hydrogen (secondary N) is 1. The van der Waals surface area contributed by atoms with E-state index in [0.29, 0.717) is 18.7 Å². The number of methoxy groups -OCH3 is 1. The van der Waals surface area contributed by atoms with Crippen LogP contribution in [0.25, 0.3) is 0 Å². The van der Waals surface area contributed by atoms with E-state index in [1.165, 1.54) is 12.0 Å². The molecule has 2 amide bonds. The number of ether oxygens (including phenoxy) is 1. The van der Waals surface area contributed by atoms with E-state index in [-0.39, 0.29) is 24.1 Å². The number of aryl methyl sites for hydroxylation is 1. The Morgan fingerprint density at radius 1 is 1.06 bits per heavy atom. The third-order valence-electron chi connectivity index (χ3n) is 5.71. The number of carbonyl (C=O) groups is 2. The van der Waals surface area contributed by atoms with Crippen LogP contribution in [0.4, 0.5) is 5.69 Å². The highest BCUT2D eigenvalue weighted by Gasteiger charge is 2.32. The Kier molecular flexibility index (Phi) is 10.1. The number of benzene rings is 2. The zero-order valence-electron chi connectivity index (χ0n) is 21.4. The minimum atomic E-state index is -3.83. The zero-order valence-corrected chi connectivity index (χ0v) is 22.3. The molecule has 0 aromatic heterocycles. The topological polar surface area (TPSA) is 96.0 Å². The van der Waals surface area contributed by atoms with Crippen molar-refractivity contribution < 1.29 is 22.7 Å². The van der Waals surface area contributed by atoms with E-state index < -0.39 is 28.5 Å². The van der Waals surface area contributed by atoms with E-state index in [9.17, 15) is 18.0 Å². The van der Waals surface area contributed by atoms with Crippen LogP contribution >= 0.6 is 0 Å². The summed E-state index contributed by atoms with van der Waals surface area (Å²) in [5, 5.41) is 2.92. The van der Waals surface area contributed by atoms with Crippen molar-refractivity contribution in [2.45, 2.75) is 46.7 Å². The van der Waals surface area contributed by atoms with Crippen LogP contribution < -0.4 is 14.4 Å². The minimum Gasteiger partial charge on any atom is -0.495 e. The van der Waals surface area contributed by atoms with Gasteiger partial charge in [-0.15, -0.1) is 0 Å². The van der Waals surface area contributed by atoms with Gasteiger partial charge in [-0.25, -0.2) is 8.42 Å². The normalized spacial score (nSPS) is 12.2. The molecule has 0 bridgehead atoms. The summed E-state index contributed by atoms with van der Waals surface area (Å²) >= 11 is 0. The van der Waals surface area contributed by atoms with Crippen molar-refractivity contribution in [3.8, 4) is 5.75 Å². The van der Waals surface area contributed by atoms with Crippen LogP contribution in [0, 0.1) is 12.8 Å². The number of hydrogen-bond donors (Lipinski definition) is 1. The smallest absolute Gasteiger partial charge is 0.244 e. The first-order valence-electron chi connectivity index (χ1n) is 11.7. The number of para-hydroxylation sites is 2. The van der Waals surface area contributed by atoms with Crippen molar-refractivity contribution in [2.75, 3.05) is 30.8 Å². The number of anilines is 1. The van der Waals surface area contributed by atoms with Crippen LogP contribution in [0.2, 0.25) is 0 Å². The van der Waals surface area contributed by atoms with Gasteiger partial charge < -0.3 is 15.0 Å². The molecule has 0 heterocycles. The molecule has 192 valence electrons. The molecule has 0 radical (unpaired) electrons. The van der Waals surface area contributed by atoms with Crippen molar-refractivity contribution >= 4 is 27.5 Å². The van der Waals surface area contributed by atoms with Gasteiger partial charge in [0.2, 0.25) is 21.8 Å². The van der Waals surface area contributed by atoms with Gasteiger partial charge in [0.1, 0.15) is 18.3 Å². The molecule has 2 aromatic rings. The highest BCUT2D eigenvalue weighted by atomic mass is 32.2. The van der Waals surface area contributed by atoms with Crippen LogP contribution in [-0.2, 0) is 26.2 Å². The van der Waals surface area contributed by atoms with Gasteiger partial charge in [-0.05, 0) is 42.5 Å². The quantitative estimate of drug-likeness (QED) is 0.479. The van der Waals surface area contributed by atoms with Crippen molar-refractivity contribution in [3.63, 3.8) is 0 Å². The molecule has 0 aliphatic carbocycles. The number of sulfonamides is 1. The Hall–Kier alpha value is -3.07. The number of carbonyl (C=O) groups excluding carboxylic acids is 2. The van der Waals surface area contributed by atoms with Crippen LogP contribution in [0.3, 0.4) is 0 Å². The summed E-state index contributed by atoms with van der Waals surface area (Å²) in [6, 6.07) is 13.5. The SMILES string of the molecule is CCC(C(=O)NCC(C)C)N(Cc1ccccc1C)C(=O)CN(c1ccccc1OC)S(C)(=O)=O. The van der Waals surface area contributed by atoms with E-state index in [1.807, 2.05) is 52.0 Å². The summed E-state index contributed by atoms with van der Waals surface area (Å²) in [7, 11) is -2.39. The van der Waals surface area contributed by atoms with E-state index in [1.54, 1.807) is 24.3 Å². The molecule has 0 saturated carbocycles. The van der Waals surface area contributed by atoms with Gasteiger partial charge >= 0.3 is 0 Å². The summed E-state index contributed by atoms with van der Waals surface area (Å²) < 4.78 is 31.8.